The molecule has 1 aromatic rings. The summed E-state index contributed by atoms with van der Waals surface area (Å²) in [6.45, 7) is 0. The minimum absolute atomic E-state index is 0. The standard InChI is InChI=1S/C4H4N2O2.H3N/c7-3-1-2-4(8)6-5-3;/h1-2H,(H,5,7)(H,6,8);1H3. The van der Waals surface area contributed by atoms with Crippen molar-refractivity contribution in [3.8, 4) is 5.88 Å². The van der Waals surface area contributed by atoms with Crippen LogP contribution in [-0.4, -0.2) is 10.2 Å². The molecular weight excluding hydrogens is 122 g/mol. The van der Waals surface area contributed by atoms with Crippen LogP contribution < -0.4 is 16.8 Å². The molecule has 1 heterocycles. The highest BCUT2D eigenvalue weighted by Crippen LogP contribution is 1.85. The van der Waals surface area contributed by atoms with Crippen LogP contribution in [0, 0.1) is 0 Å². The fourth-order valence-electron chi connectivity index (χ4n) is 0.332. The number of hydrogen-bond acceptors (Lipinski definition) is 3. The highest BCUT2D eigenvalue weighted by molar-refractivity contribution is 5.00. The molecule has 0 aliphatic rings. The van der Waals surface area contributed by atoms with Gasteiger partial charge in [0.25, 0.3) is 5.56 Å². The quantitative estimate of drug-likeness (QED) is 0.479. The second kappa shape index (κ2) is 2.83. The second-order valence-corrected chi connectivity index (χ2v) is 1.26. The highest BCUT2D eigenvalue weighted by Gasteiger charge is 1.75. The zero-order valence-corrected chi connectivity index (χ0v) is 4.92. The van der Waals surface area contributed by atoms with E-state index >= 15 is 0 Å². The average molecular weight is 129 g/mol. The van der Waals surface area contributed by atoms with E-state index in [1.807, 2.05) is 5.10 Å². The van der Waals surface area contributed by atoms with Gasteiger partial charge in [-0.1, -0.05) is 0 Å². The molecule has 5 N–H and O–H groups in total. The predicted octanol–water partition coefficient (Wildman–Crippen LogP) is -0.780. The van der Waals surface area contributed by atoms with Gasteiger partial charge >= 0.3 is 0 Å². The first kappa shape index (κ1) is 7.64. The van der Waals surface area contributed by atoms with Crippen LogP contribution in [0.4, 0.5) is 0 Å². The van der Waals surface area contributed by atoms with Gasteiger partial charge in [0.05, 0.1) is 0 Å². The molecule has 0 atom stereocenters. The molecule has 50 valence electrons. The van der Waals surface area contributed by atoms with E-state index in [-0.39, 0.29) is 11.7 Å². The van der Waals surface area contributed by atoms with Crippen molar-refractivity contribution >= 4 is 0 Å². The molecule has 0 saturated carbocycles. The maximum Gasteiger partial charge on any atom is 0.264 e. The predicted molar refractivity (Wildman–Crippen MR) is 30.3 cm³/mol. The summed E-state index contributed by atoms with van der Waals surface area (Å²) in [7, 11) is 0. The monoisotopic (exact) mass is 129 g/mol. The van der Waals surface area contributed by atoms with Crippen LogP contribution in [0.1, 0.15) is 0 Å². The van der Waals surface area contributed by atoms with Gasteiger partial charge in [0.2, 0.25) is 0 Å². The van der Waals surface area contributed by atoms with Gasteiger partial charge in [-0.25, -0.2) is 5.10 Å². The lowest BCUT2D eigenvalue weighted by molar-refractivity contribution is -0.276. The van der Waals surface area contributed by atoms with Gasteiger partial charge in [-0.05, 0) is 6.07 Å². The third-order valence-corrected chi connectivity index (χ3v) is 0.654. The lowest BCUT2D eigenvalue weighted by Gasteiger charge is -1.96. The van der Waals surface area contributed by atoms with Gasteiger partial charge in [0.15, 0.2) is 0 Å². The number of hydrogen-bond donors (Lipinski definition) is 2. The molecule has 9 heavy (non-hydrogen) atoms. The molecule has 0 spiro atoms. The van der Waals surface area contributed by atoms with Gasteiger partial charge in [-0.3, -0.25) is 4.79 Å². The van der Waals surface area contributed by atoms with E-state index in [1.165, 1.54) is 0 Å². The van der Waals surface area contributed by atoms with Gasteiger partial charge in [0, 0.05) is 11.9 Å². The Hall–Kier alpha value is -1.36. The molecule has 0 unspecified atom stereocenters. The van der Waals surface area contributed by atoms with E-state index in [2.05, 4.69) is 5.10 Å². The Kier molecular flexibility index (Phi) is 2.40. The number of aromatic nitrogens is 2. The largest absolute Gasteiger partial charge is 0.857 e. The second-order valence-electron chi connectivity index (χ2n) is 1.26. The van der Waals surface area contributed by atoms with E-state index in [1.54, 1.807) is 0 Å². The summed E-state index contributed by atoms with van der Waals surface area (Å²) in [5, 5.41) is 15.2. The highest BCUT2D eigenvalue weighted by atomic mass is 16.3. The molecule has 0 fully saturated rings. The Bertz CT molecular complexity index is 211. The van der Waals surface area contributed by atoms with Crippen LogP contribution in [0.5, 0.6) is 5.88 Å². The van der Waals surface area contributed by atoms with Crippen LogP contribution in [-0.2, 0) is 0 Å². The first-order chi connectivity index (χ1) is 3.79. The maximum absolute atomic E-state index is 10.2. The zero-order chi connectivity index (χ0) is 5.98. The summed E-state index contributed by atoms with van der Waals surface area (Å²) in [6, 6.07) is 2.24. The summed E-state index contributed by atoms with van der Waals surface area (Å²) in [5.74, 6) is -0.426. The normalized spacial score (nSPS) is 8.00. The minimum Gasteiger partial charge on any atom is -0.857 e. The molecule has 0 aromatic carbocycles. The average Bonchev–Trinajstić information content (AvgIpc) is 1.77. The summed E-state index contributed by atoms with van der Waals surface area (Å²) in [4.78, 5) is 10.2. The third kappa shape index (κ3) is 1.92. The SMILES string of the molecule is O=c1ccc([O-])n[nH]1.[NH4+]. The van der Waals surface area contributed by atoms with E-state index in [0.717, 1.165) is 12.1 Å². The molecule has 1 rings (SSSR count). The lowest BCUT2D eigenvalue weighted by atomic mass is 10.6. The van der Waals surface area contributed by atoms with Gasteiger partial charge in [-0.15, -0.1) is 0 Å². The van der Waals surface area contributed by atoms with E-state index in [4.69, 9.17) is 0 Å². The third-order valence-electron chi connectivity index (χ3n) is 0.654. The van der Waals surface area contributed by atoms with Crippen molar-refractivity contribution in [1.82, 2.24) is 16.3 Å². The van der Waals surface area contributed by atoms with E-state index < -0.39 is 5.88 Å². The van der Waals surface area contributed by atoms with E-state index in [0.29, 0.717) is 0 Å². The zero-order valence-electron chi connectivity index (χ0n) is 4.92. The van der Waals surface area contributed by atoms with E-state index in [9.17, 15) is 9.90 Å². The van der Waals surface area contributed by atoms with Crippen molar-refractivity contribution in [2.24, 2.45) is 0 Å². The molecule has 0 saturated heterocycles. The van der Waals surface area contributed by atoms with Crippen molar-refractivity contribution in [2.75, 3.05) is 0 Å². The maximum atomic E-state index is 10.2. The van der Waals surface area contributed by atoms with Crippen molar-refractivity contribution in [2.45, 2.75) is 0 Å². The Balaban J connectivity index is 0.000000640. The Morgan fingerprint density at radius 3 is 2.56 bits per heavy atom. The Labute approximate surface area is 50.9 Å². The lowest BCUT2D eigenvalue weighted by Crippen LogP contribution is -2.07. The van der Waals surface area contributed by atoms with Crippen molar-refractivity contribution in [3.05, 3.63) is 22.5 Å². The fraction of sp³-hybridized carbons (Fsp3) is 0. The van der Waals surface area contributed by atoms with Crippen LogP contribution in [0.2, 0.25) is 0 Å². The Morgan fingerprint density at radius 2 is 2.22 bits per heavy atom. The molecule has 5 heteroatoms. The molecule has 0 aliphatic heterocycles. The summed E-state index contributed by atoms with van der Waals surface area (Å²) in [6.07, 6.45) is 0. The molecule has 5 nitrogen and oxygen atoms in total. The number of nitrogens with zero attached hydrogens (tertiary/aromatic N) is 1. The smallest absolute Gasteiger partial charge is 0.264 e. The fourth-order valence-corrected chi connectivity index (χ4v) is 0.332. The first-order valence-corrected chi connectivity index (χ1v) is 2.02. The number of nitrogens with one attached hydrogen (secondary N) is 1. The first-order valence-electron chi connectivity index (χ1n) is 2.02. The number of rotatable bonds is 0. The van der Waals surface area contributed by atoms with Crippen LogP contribution in [0.25, 0.3) is 0 Å². The number of quaternary nitrogens is 1. The molecular formula is C4H7N3O2. The van der Waals surface area contributed by atoms with Crippen molar-refractivity contribution in [1.29, 1.82) is 0 Å². The topological polar surface area (TPSA) is 105 Å². The van der Waals surface area contributed by atoms with Crippen molar-refractivity contribution < 1.29 is 5.11 Å². The minimum atomic E-state index is -0.426. The van der Waals surface area contributed by atoms with Crippen LogP contribution in [0.15, 0.2) is 16.9 Å². The van der Waals surface area contributed by atoms with Gasteiger partial charge < -0.3 is 11.3 Å². The molecule has 0 aliphatic carbocycles. The number of aromatic amines is 1. The molecule has 0 bridgehead atoms. The molecule has 0 amide bonds. The summed E-state index contributed by atoms with van der Waals surface area (Å²) in [5.41, 5.74) is -0.357. The Morgan fingerprint density at radius 1 is 1.56 bits per heavy atom. The van der Waals surface area contributed by atoms with Crippen LogP contribution in [0.3, 0.4) is 0 Å². The van der Waals surface area contributed by atoms with Gasteiger partial charge in [-0.2, -0.15) is 5.10 Å². The number of H-pyrrole nitrogens is 1. The summed E-state index contributed by atoms with van der Waals surface area (Å²) < 4.78 is 0. The van der Waals surface area contributed by atoms with Crippen molar-refractivity contribution in [3.63, 3.8) is 0 Å². The van der Waals surface area contributed by atoms with Gasteiger partial charge in [0.1, 0.15) is 0 Å². The summed E-state index contributed by atoms with van der Waals surface area (Å²) >= 11 is 0. The molecule has 0 radical (unpaired) electrons. The van der Waals surface area contributed by atoms with Crippen LogP contribution >= 0.6 is 0 Å². The molecule has 1 aromatic heterocycles.